The van der Waals surface area contributed by atoms with Crippen LogP contribution in [0.15, 0.2) is 15.7 Å². The number of fused-ring (bicyclic) bond motifs is 3. The number of aromatic nitrogens is 2. The van der Waals surface area contributed by atoms with Crippen molar-refractivity contribution in [3.05, 3.63) is 32.6 Å². The Morgan fingerprint density at radius 1 is 0.970 bits per heavy atom. The molecule has 0 amide bonds. The van der Waals surface area contributed by atoms with E-state index in [0.717, 1.165) is 5.69 Å². The van der Waals surface area contributed by atoms with Crippen molar-refractivity contribution < 1.29 is 17.7 Å². The van der Waals surface area contributed by atoms with Crippen molar-refractivity contribution in [1.29, 1.82) is 0 Å². The van der Waals surface area contributed by atoms with Gasteiger partial charge in [-0.05, 0) is 28.6 Å². The lowest BCUT2D eigenvalue weighted by molar-refractivity contribution is -0.117. The number of aryl methyl sites for hydroxylation is 1. The second-order valence-corrected chi connectivity index (χ2v) is 20.0. The first-order chi connectivity index (χ1) is 15.4. The summed E-state index contributed by atoms with van der Waals surface area (Å²) < 4.78 is 29.5. The fraction of sp³-hybridized carbons (Fsp3) is 0.826. The fourth-order valence-electron chi connectivity index (χ4n) is 6.19. The molecule has 33 heavy (non-hydrogen) atoms. The summed E-state index contributed by atoms with van der Waals surface area (Å²) in [6.07, 6.45) is 1.31. The highest BCUT2D eigenvalue weighted by atomic mass is 28.5. The van der Waals surface area contributed by atoms with E-state index < -0.39 is 28.5 Å². The highest BCUT2D eigenvalue weighted by molar-refractivity contribution is 6.83. The van der Waals surface area contributed by atoms with E-state index in [0.29, 0.717) is 25.9 Å². The third kappa shape index (κ3) is 3.86. The topological polar surface area (TPSA) is 91.8 Å². The molecule has 10 heteroatoms. The predicted octanol–water partition coefficient (Wildman–Crippen LogP) is 3.88. The molecule has 0 aliphatic carbocycles. The van der Waals surface area contributed by atoms with Gasteiger partial charge in [0.2, 0.25) is 0 Å². The number of aromatic amines is 1. The molecule has 1 spiro atoms. The summed E-state index contributed by atoms with van der Waals surface area (Å²) in [5.74, 6) is 0. The average Bonchev–Trinajstić information content (AvgIpc) is 3.21. The number of hydrogen-bond donors (Lipinski definition) is 1. The van der Waals surface area contributed by atoms with Gasteiger partial charge < -0.3 is 17.7 Å². The Morgan fingerprint density at radius 2 is 1.58 bits per heavy atom. The van der Waals surface area contributed by atoms with Crippen molar-refractivity contribution in [3.8, 4) is 0 Å². The SMILES string of the molecule is CC(C)[Si]1(C(C)C)OC[C@H]2O[C@@]3(CCc4cc(=O)[nH]c(=O)n43)C[C@@H]2O[Si](C(C)C)(C(C)C)O1. The molecule has 186 valence electrons. The highest BCUT2D eigenvalue weighted by Gasteiger charge is 2.62. The molecule has 1 aromatic rings. The summed E-state index contributed by atoms with van der Waals surface area (Å²) in [7, 11) is -5.38. The van der Waals surface area contributed by atoms with Gasteiger partial charge in [0.25, 0.3) is 5.56 Å². The van der Waals surface area contributed by atoms with Gasteiger partial charge in [0.15, 0.2) is 5.72 Å². The van der Waals surface area contributed by atoms with Gasteiger partial charge in [-0.25, -0.2) is 4.79 Å². The highest BCUT2D eigenvalue weighted by Crippen LogP contribution is 2.50. The molecule has 0 unspecified atom stereocenters. The Balaban J connectivity index is 1.79. The summed E-state index contributed by atoms with van der Waals surface area (Å²) in [5, 5.41) is 0. The van der Waals surface area contributed by atoms with Gasteiger partial charge in [0, 0.05) is 24.6 Å². The van der Waals surface area contributed by atoms with Gasteiger partial charge in [-0.15, -0.1) is 0 Å². The average molecular weight is 497 g/mol. The largest absolute Gasteiger partial charge is 0.414 e. The van der Waals surface area contributed by atoms with Crippen molar-refractivity contribution >= 4 is 17.1 Å². The van der Waals surface area contributed by atoms with Crippen LogP contribution in [0.4, 0.5) is 0 Å². The van der Waals surface area contributed by atoms with Crippen molar-refractivity contribution in [3.63, 3.8) is 0 Å². The van der Waals surface area contributed by atoms with Crippen LogP contribution in [0.25, 0.3) is 0 Å². The molecule has 0 aromatic carbocycles. The summed E-state index contributed by atoms with van der Waals surface area (Å²) in [6, 6.07) is 1.51. The number of H-pyrrole nitrogens is 1. The van der Waals surface area contributed by atoms with Gasteiger partial charge in [0.05, 0.1) is 12.7 Å². The maximum absolute atomic E-state index is 12.8. The molecule has 2 fully saturated rings. The molecule has 3 atom stereocenters. The van der Waals surface area contributed by atoms with Crippen LogP contribution in [0.3, 0.4) is 0 Å². The fourth-order valence-corrected chi connectivity index (χ4v) is 17.4. The second kappa shape index (κ2) is 8.56. The van der Waals surface area contributed by atoms with E-state index >= 15 is 0 Å². The first-order valence-corrected chi connectivity index (χ1v) is 16.4. The van der Waals surface area contributed by atoms with Crippen LogP contribution in [-0.4, -0.2) is 45.5 Å². The molecule has 2 saturated heterocycles. The third-order valence-electron chi connectivity index (χ3n) is 7.85. The van der Waals surface area contributed by atoms with Gasteiger partial charge in [-0.2, -0.15) is 0 Å². The molecule has 0 bridgehead atoms. The van der Waals surface area contributed by atoms with Gasteiger partial charge in [0.1, 0.15) is 6.10 Å². The summed E-state index contributed by atoms with van der Waals surface area (Å²) in [5.41, 5.74) is 0.121. The van der Waals surface area contributed by atoms with Gasteiger partial charge in [-0.3, -0.25) is 14.3 Å². The molecular formula is C23H40N2O6Si2. The second-order valence-electron chi connectivity index (χ2n) is 11.2. The lowest BCUT2D eigenvalue weighted by Gasteiger charge is -2.51. The van der Waals surface area contributed by atoms with Crippen molar-refractivity contribution in [2.24, 2.45) is 0 Å². The quantitative estimate of drug-likeness (QED) is 0.636. The van der Waals surface area contributed by atoms with Crippen LogP contribution in [0.5, 0.6) is 0 Å². The van der Waals surface area contributed by atoms with Crippen molar-refractivity contribution in [2.45, 2.75) is 115 Å². The maximum atomic E-state index is 12.8. The molecule has 0 radical (unpaired) electrons. The Morgan fingerprint density at radius 3 is 2.15 bits per heavy atom. The van der Waals surface area contributed by atoms with Gasteiger partial charge >= 0.3 is 22.8 Å². The van der Waals surface area contributed by atoms with E-state index in [1.165, 1.54) is 6.07 Å². The Labute approximate surface area is 198 Å². The maximum Gasteiger partial charge on any atom is 0.335 e. The van der Waals surface area contributed by atoms with Crippen LogP contribution >= 0.6 is 0 Å². The molecule has 8 nitrogen and oxygen atoms in total. The van der Waals surface area contributed by atoms with E-state index in [-0.39, 0.29) is 39.9 Å². The zero-order valence-electron chi connectivity index (χ0n) is 21.3. The minimum absolute atomic E-state index is 0.224. The Hall–Kier alpha value is -1.05. The van der Waals surface area contributed by atoms with Crippen LogP contribution in [0, 0.1) is 0 Å². The number of nitrogens with one attached hydrogen (secondary N) is 1. The molecule has 0 saturated carbocycles. The zero-order valence-corrected chi connectivity index (χ0v) is 23.3. The lowest BCUT2D eigenvalue weighted by atomic mass is 10.0. The van der Waals surface area contributed by atoms with E-state index in [1.807, 2.05) is 0 Å². The smallest absolute Gasteiger partial charge is 0.335 e. The summed E-state index contributed by atoms with van der Waals surface area (Å²) in [6.45, 7) is 18.0. The first kappa shape index (κ1) is 25.1. The van der Waals surface area contributed by atoms with Crippen LogP contribution in [0.1, 0.15) is 73.9 Å². The van der Waals surface area contributed by atoms with Crippen LogP contribution in [0.2, 0.25) is 22.2 Å². The Kier molecular flexibility index (Phi) is 6.50. The number of rotatable bonds is 4. The standard InChI is InChI=1S/C23H40N2O6Si2/c1-14(2)32(15(3)4)28-13-20-19(30-33(31-32,16(5)6)17(7)8)12-23(29-20)10-9-18-11-21(26)24-22(27)25(18)23/h11,14-17,19-20H,9-10,12-13H2,1-8H3,(H,24,26,27)/t19-,20+,23-/m0/s1. The summed E-state index contributed by atoms with van der Waals surface area (Å²) in [4.78, 5) is 27.1. The van der Waals surface area contributed by atoms with Crippen LogP contribution < -0.4 is 11.2 Å². The minimum atomic E-state index is -2.74. The van der Waals surface area contributed by atoms with Gasteiger partial charge in [-0.1, -0.05) is 55.4 Å². The molecular weight excluding hydrogens is 456 g/mol. The third-order valence-corrected chi connectivity index (χ3v) is 18.1. The molecule has 3 aliphatic rings. The van der Waals surface area contributed by atoms with Crippen molar-refractivity contribution in [2.75, 3.05) is 6.61 Å². The number of hydrogen-bond acceptors (Lipinski definition) is 6. The molecule has 4 rings (SSSR count). The number of ether oxygens (including phenoxy) is 1. The predicted molar refractivity (Wildman–Crippen MR) is 131 cm³/mol. The molecule has 4 heterocycles. The molecule has 3 aliphatic heterocycles. The lowest BCUT2D eigenvalue weighted by Crippen LogP contribution is -2.65. The van der Waals surface area contributed by atoms with E-state index in [1.54, 1.807) is 4.57 Å². The Bertz CT molecular complexity index is 987. The minimum Gasteiger partial charge on any atom is -0.414 e. The van der Waals surface area contributed by atoms with Crippen LogP contribution in [-0.2, 0) is 29.8 Å². The first-order valence-electron chi connectivity index (χ1n) is 12.4. The zero-order chi connectivity index (χ0) is 24.3. The monoisotopic (exact) mass is 496 g/mol. The van der Waals surface area contributed by atoms with E-state index in [4.69, 9.17) is 17.7 Å². The summed E-state index contributed by atoms with van der Waals surface area (Å²) >= 11 is 0. The number of nitrogens with zero attached hydrogens (tertiary/aromatic N) is 1. The van der Waals surface area contributed by atoms with Crippen molar-refractivity contribution in [1.82, 2.24) is 9.55 Å². The molecule has 1 aromatic heterocycles. The van der Waals surface area contributed by atoms with E-state index in [2.05, 4.69) is 60.4 Å². The normalized spacial score (nSPS) is 30.8. The molecule has 1 N–H and O–H groups in total. The van der Waals surface area contributed by atoms with E-state index in [9.17, 15) is 9.59 Å².